The lowest BCUT2D eigenvalue weighted by molar-refractivity contribution is 0.361. The van der Waals surface area contributed by atoms with Crippen LogP contribution in [0, 0.1) is 6.92 Å². The third-order valence-corrected chi connectivity index (χ3v) is 5.33. The predicted octanol–water partition coefficient (Wildman–Crippen LogP) is 2.49. The van der Waals surface area contributed by atoms with Crippen LogP contribution in [0.2, 0.25) is 5.02 Å². The van der Waals surface area contributed by atoms with Crippen molar-refractivity contribution in [2.45, 2.75) is 43.7 Å². The fourth-order valence-corrected chi connectivity index (χ4v) is 4.23. The van der Waals surface area contributed by atoms with E-state index in [4.69, 9.17) is 11.6 Å². The van der Waals surface area contributed by atoms with Gasteiger partial charge in [-0.3, -0.25) is 0 Å². The van der Waals surface area contributed by atoms with E-state index in [1.54, 1.807) is 18.2 Å². The first kappa shape index (κ1) is 17.7. The van der Waals surface area contributed by atoms with Gasteiger partial charge in [0.2, 0.25) is 10.0 Å². The van der Waals surface area contributed by atoms with E-state index in [0.717, 1.165) is 24.9 Å². The molecule has 114 valence electrons. The van der Waals surface area contributed by atoms with Gasteiger partial charge in [-0.1, -0.05) is 17.7 Å². The molecule has 1 aromatic carbocycles. The molecule has 0 saturated carbocycles. The molecule has 2 N–H and O–H groups in total. The van der Waals surface area contributed by atoms with Crippen LogP contribution in [0.15, 0.2) is 23.1 Å². The maximum atomic E-state index is 12.3. The van der Waals surface area contributed by atoms with E-state index in [2.05, 4.69) is 17.0 Å². The number of aryl methyl sites for hydroxylation is 1. The Morgan fingerprint density at radius 1 is 1.40 bits per heavy atom. The van der Waals surface area contributed by atoms with Crippen molar-refractivity contribution in [3.8, 4) is 0 Å². The van der Waals surface area contributed by atoms with Gasteiger partial charge in [0.05, 0.1) is 5.02 Å². The molecule has 1 saturated heterocycles. The molecule has 1 aliphatic heterocycles. The molecule has 0 amide bonds. The van der Waals surface area contributed by atoms with Gasteiger partial charge in [0.15, 0.2) is 0 Å². The topological polar surface area (TPSA) is 58.2 Å². The fourth-order valence-electron chi connectivity index (χ4n) is 2.35. The molecule has 1 fully saturated rings. The highest BCUT2D eigenvalue weighted by Gasteiger charge is 2.25. The summed E-state index contributed by atoms with van der Waals surface area (Å²) < 4.78 is 27.4. The zero-order valence-electron chi connectivity index (χ0n) is 11.5. The number of benzene rings is 1. The van der Waals surface area contributed by atoms with Crippen LogP contribution in [0.5, 0.6) is 0 Å². The number of rotatable bonds is 3. The highest BCUT2D eigenvalue weighted by atomic mass is 35.5. The molecule has 0 bridgehead atoms. The second kappa shape index (κ2) is 7.09. The average Bonchev–Trinajstić information content (AvgIpc) is 2.27. The average molecular weight is 339 g/mol. The summed E-state index contributed by atoms with van der Waals surface area (Å²) in [4.78, 5) is 0.158. The first-order valence-corrected chi connectivity index (χ1v) is 8.26. The summed E-state index contributed by atoms with van der Waals surface area (Å²) in [7, 11) is -3.54. The summed E-state index contributed by atoms with van der Waals surface area (Å²) in [6, 6.07) is 5.28. The summed E-state index contributed by atoms with van der Waals surface area (Å²) in [5.41, 5.74) is 0.944. The van der Waals surface area contributed by atoms with Crippen molar-refractivity contribution in [1.82, 2.24) is 10.0 Å². The van der Waals surface area contributed by atoms with Crippen molar-refractivity contribution in [3.05, 3.63) is 28.8 Å². The van der Waals surface area contributed by atoms with Gasteiger partial charge in [-0.05, 0) is 50.9 Å². The molecule has 1 aliphatic rings. The Kier molecular flexibility index (Phi) is 6.28. The van der Waals surface area contributed by atoms with Crippen LogP contribution in [0.4, 0.5) is 0 Å². The third-order valence-electron chi connectivity index (χ3n) is 3.32. The molecule has 0 aliphatic carbocycles. The predicted molar refractivity (Wildman–Crippen MR) is 84.2 cm³/mol. The Morgan fingerprint density at radius 3 is 2.70 bits per heavy atom. The largest absolute Gasteiger partial charge is 0.314 e. The molecule has 20 heavy (non-hydrogen) atoms. The second-order valence-corrected chi connectivity index (χ2v) is 7.22. The van der Waals surface area contributed by atoms with Gasteiger partial charge in [-0.15, -0.1) is 12.4 Å². The summed E-state index contributed by atoms with van der Waals surface area (Å²) >= 11 is 6.03. The standard InChI is InChI=1S/C13H19ClN2O2S.ClH/c1-9-3-4-13(12(14)7-9)19(17,18)16-11-5-6-15-10(2)8-11;/h3-4,7,10-11,15-16H,5-6,8H2,1-2H3;1H. The van der Waals surface area contributed by atoms with E-state index in [1.165, 1.54) is 0 Å². The first-order valence-electron chi connectivity index (χ1n) is 6.40. The third kappa shape index (κ3) is 4.33. The van der Waals surface area contributed by atoms with Gasteiger partial charge in [-0.25, -0.2) is 13.1 Å². The molecule has 2 atom stereocenters. The normalized spacial score (nSPS) is 23.1. The number of hydrogen-bond donors (Lipinski definition) is 2. The zero-order chi connectivity index (χ0) is 14.0. The maximum Gasteiger partial charge on any atom is 0.242 e. The zero-order valence-corrected chi connectivity index (χ0v) is 13.9. The van der Waals surface area contributed by atoms with E-state index in [9.17, 15) is 8.42 Å². The molecule has 2 unspecified atom stereocenters. The number of sulfonamides is 1. The SMILES string of the molecule is Cc1ccc(S(=O)(=O)NC2CCNC(C)C2)c(Cl)c1.Cl. The summed E-state index contributed by atoms with van der Waals surface area (Å²) in [5, 5.41) is 3.57. The minimum absolute atomic E-state index is 0. The second-order valence-electron chi connectivity index (χ2n) is 5.13. The summed E-state index contributed by atoms with van der Waals surface area (Å²) in [6.07, 6.45) is 1.59. The Labute approximate surface area is 131 Å². The minimum atomic E-state index is -3.54. The molecule has 2 rings (SSSR count). The molecule has 1 heterocycles. The molecular formula is C13H20Cl2N2O2S. The van der Waals surface area contributed by atoms with E-state index in [1.807, 2.05) is 6.92 Å². The summed E-state index contributed by atoms with van der Waals surface area (Å²) in [6.45, 7) is 4.76. The molecule has 4 nitrogen and oxygen atoms in total. The molecule has 0 aromatic heterocycles. The minimum Gasteiger partial charge on any atom is -0.314 e. The van der Waals surface area contributed by atoms with Crippen LogP contribution in [0.3, 0.4) is 0 Å². The van der Waals surface area contributed by atoms with E-state index in [0.29, 0.717) is 6.04 Å². The van der Waals surface area contributed by atoms with Crippen molar-refractivity contribution in [3.63, 3.8) is 0 Å². The van der Waals surface area contributed by atoms with Gasteiger partial charge in [0.1, 0.15) is 4.90 Å². The van der Waals surface area contributed by atoms with Crippen molar-refractivity contribution in [2.75, 3.05) is 6.54 Å². The molecule has 0 radical (unpaired) electrons. The quantitative estimate of drug-likeness (QED) is 0.890. The van der Waals surface area contributed by atoms with Gasteiger partial charge in [0, 0.05) is 12.1 Å². The van der Waals surface area contributed by atoms with Crippen LogP contribution >= 0.6 is 24.0 Å². The van der Waals surface area contributed by atoms with Crippen molar-refractivity contribution in [1.29, 1.82) is 0 Å². The number of nitrogens with one attached hydrogen (secondary N) is 2. The first-order chi connectivity index (χ1) is 8.88. The summed E-state index contributed by atoms with van der Waals surface area (Å²) in [5.74, 6) is 0. The van der Waals surface area contributed by atoms with Crippen LogP contribution in [0.25, 0.3) is 0 Å². The fraction of sp³-hybridized carbons (Fsp3) is 0.538. The molecule has 0 spiro atoms. The highest BCUT2D eigenvalue weighted by molar-refractivity contribution is 7.89. The maximum absolute atomic E-state index is 12.3. The molecule has 1 aromatic rings. The van der Waals surface area contributed by atoms with Gasteiger partial charge < -0.3 is 5.32 Å². The van der Waals surface area contributed by atoms with Crippen molar-refractivity contribution < 1.29 is 8.42 Å². The van der Waals surface area contributed by atoms with Gasteiger partial charge >= 0.3 is 0 Å². The molecule has 7 heteroatoms. The lowest BCUT2D eigenvalue weighted by atomic mass is 10.0. The number of piperidine rings is 1. The van der Waals surface area contributed by atoms with Crippen LogP contribution in [0.1, 0.15) is 25.3 Å². The van der Waals surface area contributed by atoms with Crippen LogP contribution < -0.4 is 10.0 Å². The van der Waals surface area contributed by atoms with Crippen LogP contribution in [-0.2, 0) is 10.0 Å². The van der Waals surface area contributed by atoms with Crippen molar-refractivity contribution in [2.24, 2.45) is 0 Å². The van der Waals surface area contributed by atoms with Gasteiger partial charge in [-0.2, -0.15) is 0 Å². The highest BCUT2D eigenvalue weighted by Crippen LogP contribution is 2.23. The van der Waals surface area contributed by atoms with Crippen LogP contribution in [-0.4, -0.2) is 27.0 Å². The Balaban J connectivity index is 0.00000200. The van der Waals surface area contributed by atoms with Crippen molar-refractivity contribution >= 4 is 34.0 Å². The van der Waals surface area contributed by atoms with E-state index in [-0.39, 0.29) is 28.4 Å². The van der Waals surface area contributed by atoms with Gasteiger partial charge in [0.25, 0.3) is 0 Å². The lowest BCUT2D eigenvalue weighted by Gasteiger charge is -2.28. The lowest BCUT2D eigenvalue weighted by Crippen LogP contribution is -2.46. The Hall–Kier alpha value is -0.330. The monoisotopic (exact) mass is 338 g/mol. The molecular weight excluding hydrogens is 319 g/mol. The Morgan fingerprint density at radius 2 is 2.10 bits per heavy atom. The van der Waals surface area contributed by atoms with E-state index < -0.39 is 10.0 Å². The number of halogens is 2. The number of hydrogen-bond acceptors (Lipinski definition) is 3. The smallest absolute Gasteiger partial charge is 0.242 e. The Bertz CT molecular complexity index is 563. The van der Waals surface area contributed by atoms with E-state index >= 15 is 0 Å².